The Kier molecular flexibility index (Phi) is 8.30. The molecule has 156 valence electrons. The molecule has 1 amide bonds. The molecule has 0 unspecified atom stereocenters. The van der Waals surface area contributed by atoms with E-state index in [1.807, 2.05) is 6.07 Å². The lowest BCUT2D eigenvalue weighted by molar-refractivity contribution is -0.124. The number of carbonyl (C=O) groups excluding carboxylic acids is 1. The van der Waals surface area contributed by atoms with Crippen LogP contribution in [-0.4, -0.2) is 48.2 Å². The SMILES string of the molecule is O=C(CO)N[C@H]1CC[C@H](CCN2CCC(Cc3cc(F)ccc3Br)CC2)CC1. The van der Waals surface area contributed by atoms with Crippen LogP contribution < -0.4 is 5.32 Å². The summed E-state index contributed by atoms with van der Waals surface area (Å²) < 4.78 is 14.5. The lowest BCUT2D eigenvalue weighted by atomic mass is 9.83. The van der Waals surface area contributed by atoms with Gasteiger partial charge in [0.15, 0.2) is 0 Å². The van der Waals surface area contributed by atoms with E-state index in [1.165, 1.54) is 38.2 Å². The molecule has 2 N–H and O–H groups in total. The summed E-state index contributed by atoms with van der Waals surface area (Å²) in [5.74, 6) is 0.987. The molecule has 1 saturated carbocycles. The van der Waals surface area contributed by atoms with Crippen molar-refractivity contribution in [1.82, 2.24) is 10.2 Å². The highest BCUT2D eigenvalue weighted by Crippen LogP contribution is 2.29. The summed E-state index contributed by atoms with van der Waals surface area (Å²) in [6.45, 7) is 3.03. The number of hydrogen-bond acceptors (Lipinski definition) is 3. The van der Waals surface area contributed by atoms with Crippen LogP contribution in [0.4, 0.5) is 4.39 Å². The van der Waals surface area contributed by atoms with Gasteiger partial charge < -0.3 is 15.3 Å². The molecule has 2 fully saturated rings. The lowest BCUT2D eigenvalue weighted by Crippen LogP contribution is -2.40. The lowest BCUT2D eigenvalue weighted by Gasteiger charge is -2.34. The van der Waals surface area contributed by atoms with Crippen molar-refractivity contribution in [2.75, 3.05) is 26.2 Å². The number of hydrogen-bond donors (Lipinski definition) is 2. The van der Waals surface area contributed by atoms with Crippen LogP contribution in [0.15, 0.2) is 22.7 Å². The number of halogens is 2. The van der Waals surface area contributed by atoms with Gasteiger partial charge in [0, 0.05) is 10.5 Å². The molecule has 0 spiro atoms. The fourth-order valence-corrected chi connectivity index (χ4v) is 5.07. The van der Waals surface area contributed by atoms with Gasteiger partial charge in [-0.1, -0.05) is 15.9 Å². The Bertz CT molecular complexity index is 641. The first-order valence-electron chi connectivity index (χ1n) is 10.6. The highest BCUT2D eigenvalue weighted by atomic mass is 79.9. The van der Waals surface area contributed by atoms with Crippen molar-refractivity contribution in [2.24, 2.45) is 11.8 Å². The topological polar surface area (TPSA) is 52.6 Å². The Morgan fingerprint density at radius 1 is 1.14 bits per heavy atom. The third-order valence-electron chi connectivity index (χ3n) is 6.43. The van der Waals surface area contributed by atoms with Crippen LogP contribution in [0.2, 0.25) is 0 Å². The average molecular weight is 455 g/mol. The van der Waals surface area contributed by atoms with Gasteiger partial charge in [-0.25, -0.2) is 4.39 Å². The third-order valence-corrected chi connectivity index (χ3v) is 7.21. The summed E-state index contributed by atoms with van der Waals surface area (Å²) in [5, 5.41) is 11.7. The fourth-order valence-electron chi connectivity index (χ4n) is 4.66. The van der Waals surface area contributed by atoms with E-state index in [0.717, 1.165) is 54.9 Å². The highest BCUT2D eigenvalue weighted by molar-refractivity contribution is 9.10. The number of likely N-dealkylation sites (tertiary alicyclic amines) is 1. The molecule has 1 aromatic carbocycles. The Morgan fingerprint density at radius 3 is 2.54 bits per heavy atom. The smallest absolute Gasteiger partial charge is 0.245 e. The summed E-state index contributed by atoms with van der Waals surface area (Å²) in [6, 6.07) is 5.22. The molecule has 6 heteroatoms. The second-order valence-corrected chi connectivity index (χ2v) is 9.31. The molecule has 0 bridgehead atoms. The van der Waals surface area contributed by atoms with E-state index in [0.29, 0.717) is 5.92 Å². The number of rotatable bonds is 7. The first-order chi connectivity index (χ1) is 13.5. The standard InChI is InChI=1S/C22H32BrFN2O2/c23-21-6-3-19(24)14-18(21)13-17-8-11-26(12-9-17)10-7-16-1-4-20(5-2-16)25-22(28)15-27/h3,6,14,16-17,20,27H,1-2,4-5,7-13,15H2,(H,25,28)/t16-,20-. The number of carbonyl (C=O) groups is 1. The predicted octanol–water partition coefficient (Wildman–Crippen LogP) is 3.90. The Balaban J connectivity index is 1.33. The van der Waals surface area contributed by atoms with Crippen LogP contribution in [0.5, 0.6) is 0 Å². The molecule has 1 aliphatic carbocycles. The molecule has 28 heavy (non-hydrogen) atoms. The van der Waals surface area contributed by atoms with E-state index in [4.69, 9.17) is 5.11 Å². The first kappa shape index (κ1) is 21.7. The van der Waals surface area contributed by atoms with Gasteiger partial charge in [0.05, 0.1) is 0 Å². The van der Waals surface area contributed by atoms with E-state index in [1.54, 1.807) is 6.07 Å². The van der Waals surface area contributed by atoms with E-state index in [9.17, 15) is 9.18 Å². The van der Waals surface area contributed by atoms with Gasteiger partial charge in [0.25, 0.3) is 0 Å². The summed E-state index contributed by atoms with van der Waals surface area (Å²) in [4.78, 5) is 13.9. The number of aliphatic hydroxyl groups excluding tert-OH is 1. The second kappa shape index (κ2) is 10.7. The van der Waals surface area contributed by atoms with Crippen LogP contribution in [0.1, 0.15) is 50.5 Å². The molecule has 3 rings (SSSR count). The average Bonchev–Trinajstić information content (AvgIpc) is 2.71. The second-order valence-electron chi connectivity index (χ2n) is 8.46. The van der Waals surface area contributed by atoms with Crippen LogP contribution in [0.3, 0.4) is 0 Å². The van der Waals surface area contributed by atoms with Gasteiger partial charge in [-0.15, -0.1) is 0 Å². The number of piperidine rings is 1. The Labute approximate surface area is 176 Å². The monoisotopic (exact) mass is 454 g/mol. The molecule has 1 saturated heterocycles. The van der Waals surface area contributed by atoms with Gasteiger partial charge in [-0.05, 0) is 107 Å². The van der Waals surface area contributed by atoms with Crippen LogP contribution in [0, 0.1) is 17.7 Å². The van der Waals surface area contributed by atoms with Gasteiger partial charge >= 0.3 is 0 Å². The normalized spacial score (nSPS) is 24.2. The molecule has 0 radical (unpaired) electrons. The van der Waals surface area contributed by atoms with E-state index in [-0.39, 0.29) is 17.8 Å². The summed E-state index contributed by atoms with van der Waals surface area (Å²) >= 11 is 3.55. The van der Waals surface area contributed by atoms with Gasteiger partial charge in [0.1, 0.15) is 12.4 Å². The van der Waals surface area contributed by atoms with Crippen LogP contribution in [-0.2, 0) is 11.2 Å². The van der Waals surface area contributed by atoms with Crippen molar-refractivity contribution >= 4 is 21.8 Å². The van der Waals surface area contributed by atoms with Gasteiger partial charge in [-0.3, -0.25) is 4.79 Å². The van der Waals surface area contributed by atoms with Gasteiger partial charge in [-0.2, -0.15) is 0 Å². The summed E-state index contributed by atoms with van der Waals surface area (Å²) in [7, 11) is 0. The number of amides is 1. The number of aliphatic hydroxyl groups is 1. The van der Waals surface area contributed by atoms with Crippen molar-refractivity contribution in [3.63, 3.8) is 0 Å². The molecule has 1 heterocycles. The zero-order chi connectivity index (χ0) is 19.9. The molecule has 1 aromatic rings. The maximum Gasteiger partial charge on any atom is 0.245 e. The molecule has 4 nitrogen and oxygen atoms in total. The predicted molar refractivity (Wildman–Crippen MR) is 113 cm³/mol. The minimum atomic E-state index is -0.411. The largest absolute Gasteiger partial charge is 0.387 e. The molecule has 2 aliphatic rings. The van der Waals surface area contributed by atoms with Crippen molar-refractivity contribution in [3.8, 4) is 0 Å². The highest BCUT2D eigenvalue weighted by Gasteiger charge is 2.24. The van der Waals surface area contributed by atoms with Crippen molar-refractivity contribution < 1.29 is 14.3 Å². The minimum absolute atomic E-state index is 0.152. The van der Waals surface area contributed by atoms with Crippen molar-refractivity contribution in [3.05, 3.63) is 34.1 Å². The number of benzene rings is 1. The maximum absolute atomic E-state index is 13.5. The van der Waals surface area contributed by atoms with E-state index < -0.39 is 6.61 Å². The quantitative estimate of drug-likeness (QED) is 0.656. The maximum atomic E-state index is 13.5. The van der Waals surface area contributed by atoms with Crippen molar-refractivity contribution in [1.29, 1.82) is 0 Å². The van der Waals surface area contributed by atoms with E-state index in [2.05, 4.69) is 26.1 Å². The zero-order valence-corrected chi connectivity index (χ0v) is 18.1. The number of nitrogens with zero attached hydrogens (tertiary/aromatic N) is 1. The number of nitrogens with one attached hydrogen (secondary N) is 1. The summed E-state index contributed by atoms with van der Waals surface area (Å²) in [5.41, 5.74) is 1.09. The minimum Gasteiger partial charge on any atom is -0.387 e. The first-order valence-corrected chi connectivity index (χ1v) is 11.4. The molecule has 0 atom stereocenters. The third kappa shape index (κ3) is 6.53. The Morgan fingerprint density at radius 2 is 1.86 bits per heavy atom. The molecular formula is C22H32BrFN2O2. The van der Waals surface area contributed by atoms with Crippen LogP contribution in [0.25, 0.3) is 0 Å². The summed E-state index contributed by atoms with van der Waals surface area (Å²) in [6.07, 6.45) is 8.95. The Hall–Kier alpha value is -0.980. The molecular weight excluding hydrogens is 423 g/mol. The zero-order valence-electron chi connectivity index (χ0n) is 16.5. The van der Waals surface area contributed by atoms with E-state index >= 15 is 0 Å². The van der Waals surface area contributed by atoms with Crippen LogP contribution >= 0.6 is 15.9 Å². The molecule has 1 aliphatic heterocycles. The fraction of sp³-hybridized carbons (Fsp3) is 0.682. The van der Waals surface area contributed by atoms with Crippen molar-refractivity contribution in [2.45, 2.75) is 57.4 Å². The van der Waals surface area contributed by atoms with Gasteiger partial charge in [0.2, 0.25) is 5.91 Å². The molecule has 0 aromatic heterocycles.